The van der Waals surface area contributed by atoms with E-state index >= 15 is 0 Å². The molecule has 0 saturated carbocycles. The summed E-state index contributed by atoms with van der Waals surface area (Å²) in [5.74, 6) is 0.884. The quantitative estimate of drug-likeness (QED) is 0.441. The molecule has 0 unspecified atom stereocenters. The van der Waals surface area contributed by atoms with Gasteiger partial charge in [0, 0.05) is 11.6 Å². The number of furan rings is 1. The zero-order chi connectivity index (χ0) is 22.2. The Labute approximate surface area is 189 Å². The van der Waals surface area contributed by atoms with Crippen LogP contribution < -0.4 is 5.14 Å². The summed E-state index contributed by atoms with van der Waals surface area (Å²) >= 11 is 6.63. The summed E-state index contributed by atoms with van der Waals surface area (Å²) in [4.78, 5) is 14.9. The van der Waals surface area contributed by atoms with Gasteiger partial charge in [0.05, 0.1) is 16.3 Å². The van der Waals surface area contributed by atoms with Gasteiger partial charge in [0.2, 0.25) is 10.0 Å². The number of thiocarbonyl (C=S) groups is 1. The average Bonchev–Trinajstić information content (AvgIpc) is 3.29. The lowest BCUT2D eigenvalue weighted by Gasteiger charge is -2.14. The molecule has 2 aromatic carbocycles. The van der Waals surface area contributed by atoms with E-state index in [9.17, 15) is 13.2 Å². The Kier molecular flexibility index (Phi) is 5.85. The molecule has 31 heavy (non-hydrogen) atoms. The molecule has 4 rings (SSSR count). The van der Waals surface area contributed by atoms with Crippen LogP contribution in [-0.2, 0) is 21.4 Å². The normalized spacial score (nSPS) is 15.8. The monoisotopic (exact) mass is 470 g/mol. The first kappa shape index (κ1) is 21.5. The van der Waals surface area contributed by atoms with E-state index in [1.54, 1.807) is 35.2 Å². The minimum Gasteiger partial charge on any atom is -0.457 e. The highest BCUT2D eigenvalue weighted by atomic mass is 32.2. The second kappa shape index (κ2) is 8.43. The number of amides is 1. The third-order valence-corrected chi connectivity index (χ3v) is 7.01. The molecule has 6 nitrogen and oxygen atoms in total. The number of hydrogen-bond donors (Lipinski definition) is 1. The smallest absolute Gasteiger partial charge is 0.266 e. The van der Waals surface area contributed by atoms with Crippen LogP contribution in [0.3, 0.4) is 0 Å². The van der Waals surface area contributed by atoms with Gasteiger partial charge in [0.25, 0.3) is 5.91 Å². The number of sulfonamides is 1. The van der Waals surface area contributed by atoms with Crippen LogP contribution >= 0.6 is 24.0 Å². The van der Waals surface area contributed by atoms with Crippen molar-refractivity contribution in [3.63, 3.8) is 0 Å². The Morgan fingerprint density at radius 2 is 1.74 bits per heavy atom. The van der Waals surface area contributed by atoms with Crippen molar-refractivity contribution in [3.8, 4) is 11.3 Å². The predicted molar refractivity (Wildman–Crippen MR) is 125 cm³/mol. The predicted octanol–water partition coefficient (Wildman–Crippen LogP) is 4.30. The number of thioether (sulfide) groups is 1. The number of primary sulfonamides is 1. The minimum absolute atomic E-state index is 0.0280. The molecule has 1 aromatic heterocycles. The fourth-order valence-electron chi connectivity index (χ4n) is 3.04. The summed E-state index contributed by atoms with van der Waals surface area (Å²) in [6.45, 7) is 2.43. The summed E-state index contributed by atoms with van der Waals surface area (Å²) in [6, 6.07) is 17.5. The van der Waals surface area contributed by atoms with Crippen LogP contribution in [0, 0.1) is 6.92 Å². The van der Waals surface area contributed by atoms with Crippen LogP contribution in [0.25, 0.3) is 17.4 Å². The molecule has 1 amide bonds. The molecule has 0 bridgehead atoms. The third-order valence-electron chi connectivity index (χ3n) is 4.70. The SMILES string of the molecule is Cc1ccc(CN2C(=O)C(=Cc3ccc(-c4ccc(S(N)(=O)=O)cc4)o3)SC2=S)cc1. The summed E-state index contributed by atoms with van der Waals surface area (Å²) in [5.41, 5.74) is 2.85. The molecule has 1 fully saturated rings. The molecule has 1 aliphatic rings. The second-order valence-electron chi connectivity index (χ2n) is 7.02. The molecule has 0 atom stereocenters. The van der Waals surface area contributed by atoms with Crippen molar-refractivity contribution in [3.05, 3.63) is 82.5 Å². The van der Waals surface area contributed by atoms with Crippen molar-refractivity contribution in [2.24, 2.45) is 5.14 Å². The molecule has 9 heteroatoms. The molecule has 0 radical (unpaired) electrons. The number of hydrogen-bond acceptors (Lipinski definition) is 6. The summed E-state index contributed by atoms with van der Waals surface area (Å²) in [6.07, 6.45) is 1.66. The van der Waals surface area contributed by atoms with Crippen molar-refractivity contribution in [1.82, 2.24) is 4.90 Å². The number of nitrogens with two attached hydrogens (primary N) is 1. The number of carbonyl (C=O) groups excluding carboxylic acids is 1. The Hall–Kier alpha value is -2.72. The molecule has 1 saturated heterocycles. The van der Waals surface area contributed by atoms with Gasteiger partial charge in [0.15, 0.2) is 0 Å². The lowest BCUT2D eigenvalue weighted by molar-refractivity contribution is -0.122. The molecule has 1 aliphatic heterocycles. The maximum absolute atomic E-state index is 12.8. The molecule has 158 valence electrons. The first-order chi connectivity index (χ1) is 14.7. The minimum atomic E-state index is -3.75. The molecule has 0 aliphatic carbocycles. The summed E-state index contributed by atoms with van der Waals surface area (Å²) in [7, 11) is -3.75. The maximum atomic E-state index is 12.8. The molecule has 2 heterocycles. The maximum Gasteiger partial charge on any atom is 0.266 e. The highest BCUT2D eigenvalue weighted by Crippen LogP contribution is 2.34. The zero-order valence-electron chi connectivity index (χ0n) is 16.4. The number of nitrogens with zero attached hydrogens (tertiary/aromatic N) is 1. The highest BCUT2D eigenvalue weighted by molar-refractivity contribution is 8.26. The van der Waals surface area contributed by atoms with Gasteiger partial charge in [-0.1, -0.05) is 53.8 Å². The topological polar surface area (TPSA) is 93.6 Å². The Morgan fingerprint density at radius 3 is 2.39 bits per heavy atom. The molecule has 3 aromatic rings. The molecular weight excluding hydrogens is 452 g/mol. The molecular formula is C22H18N2O4S3. The van der Waals surface area contributed by atoms with E-state index < -0.39 is 10.0 Å². The first-order valence-corrected chi connectivity index (χ1v) is 12.0. The van der Waals surface area contributed by atoms with Crippen LogP contribution in [0.5, 0.6) is 0 Å². The van der Waals surface area contributed by atoms with Gasteiger partial charge in [-0.2, -0.15) is 0 Å². The van der Waals surface area contributed by atoms with Crippen molar-refractivity contribution < 1.29 is 17.6 Å². The van der Waals surface area contributed by atoms with Gasteiger partial charge in [-0.15, -0.1) is 0 Å². The zero-order valence-corrected chi connectivity index (χ0v) is 18.9. The van der Waals surface area contributed by atoms with Crippen molar-refractivity contribution >= 4 is 50.3 Å². The van der Waals surface area contributed by atoms with Gasteiger partial charge < -0.3 is 4.42 Å². The van der Waals surface area contributed by atoms with Gasteiger partial charge in [-0.25, -0.2) is 13.6 Å². The lowest BCUT2D eigenvalue weighted by Crippen LogP contribution is -2.27. The van der Waals surface area contributed by atoms with Crippen LogP contribution in [0.1, 0.15) is 16.9 Å². The Balaban J connectivity index is 1.52. The molecule has 0 spiro atoms. The molecule has 2 N–H and O–H groups in total. The van der Waals surface area contributed by atoms with E-state index in [0.717, 1.165) is 11.1 Å². The van der Waals surface area contributed by atoms with Crippen LogP contribution in [0.4, 0.5) is 0 Å². The van der Waals surface area contributed by atoms with E-state index in [1.807, 2.05) is 31.2 Å². The van der Waals surface area contributed by atoms with Crippen LogP contribution in [0.15, 0.2) is 74.9 Å². The number of carbonyl (C=O) groups is 1. The Morgan fingerprint density at radius 1 is 1.06 bits per heavy atom. The van der Waals surface area contributed by atoms with Gasteiger partial charge in [-0.05, 0) is 48.9 Å². The van der Waals surface area contributed by atoms with Crippen molar-refractivity contribution in [2.75, 3.05) is 0 Å². The number of benzene rings is 2. The van der Waals surface area contributed by atoms with Crippen LogP contribution in [-0.4, -0.2) is 23.5 Å². The standard InChI is InChI=1S/C22H18N2O4S3/c1-14-2-4-15(5-3-14)13-24-21(25)20(30-22(24)29)12-17-8-11-19(28-17)16-6-9-18(10-7-16)31(23,26)27/h2-12H,13H2,1H3,(H2,23,26,27). The van der Waals surface area contributed by atoms with Gasteiger partial charge in [0.1, 0.15) is 15.8 Å². The van der Waals surface area contributed by atoms with E-state index in [-0.39, 0.29) is 10.8 Å². The fourth-order valence-corrected chi connectivity index (χ4v) is 4.79. The third kappa shape index (κ3) is 4.80. The largest absolute Gasteiger partial charge is 0.457 e. The summed E-state index contributed by atoms with van der Waals surface area (Å²) in [5, 5.41) is 5.12. The highest BCUT2D eigenvalue weighted by Gasteiger charge is 2.32. The number of aryl methyl sites for hydroxylation is 1. The van der Waals surface area contributed by atoms with Gasteiger partial charge >= 0.3 is 0 Å². The Bertz CT molecular complexity index is 1290. The lowest BCUT2D eigenvalue weighted by atomic mass is 10.1. The van der Waals surface area contributed by atoms with E-state index in [2.05, 4.69) is 0 Å². The van der Waals surface area contributed by atoms with E-state index in [1.165, 1.54) is 23.9 Å². The van der Waals surface area contributed by atoms with E-state index in [4.69, 9.17) is 21.8 Å². The first-order valence-electron chi connectivity index (χ1n) is 9.25. The van der Waals surface area contributed by atoms with Crippen molar-refractivity contribution in [2.45, 2.75) is 18.4 Å². The number of rotatable bonds is 5. The van der Waals surface area contributed by atoms with Gasteiger partial charge in [-0.3, -0.25) is 9.69 Å². The fraction of sp³-hybridized carbons (Fsp3) is 0.0909. The van der Waals surface area contributed by atoms with Crippen LogP contribution in [0.2, 0.25) is 0 Å². The summed E-state index contributed by atoms with van der Waals surface area (Å²) < 4.78 is 29.1. The van der Waals surface area contributed by atoms with Crippen molar-refractivity contribution in [1.29, 1.82) is 0 Å². The second-order valence-corrected chi connectivity index (χ2v) is 10.3. The average molecular weight is 471 g/mol. The van der Waals surface area contributed by atoms with E-state index in [0.29, 0.717) is 32.9 Å².